The van der Waals surface area contributed by atoms with Crippen LogP contribution in [0.4, 0.5) is 10.5 Å². The SMILES string of the molecule is CC(C)[C@H]1Cc2ccccc2N(C(=O)OC(C)(C)C)C1=O. The summed E-state index contributed by atoms with van der Waals surface area (Å²) in [6, 6.07) is 7.53. The third-order valence-electron chi connectivity index (χ3n) is 3.59. The van der Waals surface area contributed by atoms with E-state index in [1.165, 1.54) is 4.90 Å². The van der Waals surface area contributed by atoms with Gasteiger partial charge in [-0.25, -0.2) is 9.69 Å². The van der Waals surface area contributed by atoms with Gasteiger partial charge in [0.25, 0.3) is 0 Å². The van der Waals surface area contributed by atoms with E-state index in [0.29, 0.717) is 12.1 Å². The second-order valence-corrected chi connectivity index (χ2v) is 6.84. The number of hydrogen-bond acceptors (Lipinski definition) is 3. The zero-order chi connectivity index (χ0) is 15.8. The molecule has 114 valence electrons. The Bertz CT molecular complexity index is 557. The van der Waals surface area contributed by atoms with Crippen molar-refractivity contribution in [1.82, 2.24) is 0 Å². The lowest BCUT2D eigenvalue weighted by Crippen LogP contribution is -2.48. The summed E-state index contributed by atoms with van der Waals surface area (Å²) in [5, 5.41) is 0. The highest BCUT2D eigenvalue weighted by Gasteiger charge is 2.39. The summed E-state index contributed by atoms with van der Waals surface area (Å²) in [4.78, 5) is 26.3. The molecule has 4 nitrogen and oxygen atoms in total. The number of fused-ring (bicyclic) bond motifs is 1. The second-order valence-electron chi connectivity index (χ2n) is 6.84. The number of amides is 2. The van der Waals surface area contributed by atoms with E-state index in [0.717, 1.165) is 5.56 Å². The minimum absolute atomic E-state index is 0.169. The molecule has 1 aliphatic heterocycles. The molecule has 21 heavy (non-hydrogen) atoms. The summed E-state index contributed by atoms with van der Waals surface area (Å²) in [6.07, 6.45) is 0.0803. The van der Waals surface area contributed by atoms with Gasteiger partial charge in [0.2, 0.25) is 5.91 Å². The Morgan fingerprint density at radius 2 is 1.90 bits per heavy atom. The number of carbonyl (C=O) groups is 2. The average Bonchev–Trinajstić information content (AvgIpc) is 2.35. The summed E-state index contributed by atoms with van der Waals surface area (Å²) in [5.74, 6) is -0.179. The summed E-state index contributed by atoms with van der Waals surface area (Å²) < 4.78 is 5.40. The number of anilines is 1. The smallest absolute Gasteiger partial charge is 0.421 e. The number of ether oxygens (including phenoxy) is 1. The Morgan fingerprint density at radius 3 is 2.48 bits per heavy atom. The van der Waals surface area contributed by atoms with Crippen LogP contribution >= 0.6 is 0 Å². The van der Waals surface area contributed by atoms with Gasteiger partial charge in [0.05, 0.1) is 5.69 Å². The first-order valence-electron chi connectivity index (χ1n) is 7.35. The summed E-state index contributed by atoms with van der Waals surface area (Å²) >= 11 is 0. The van der Waals surface area contributed by atoms with Gasteiger partial charge in [0.15, 0.2) is 0 Å². The van der Waals surface area contributed by atoms with Gasteiger partial charge in [-0.15, -0.1) is 0 Å². The number of hydrogen-bond donors (Lipinski definition) is 0. The number of rotatable bonds is 1. The normalized spacial score (nSPS) is 18.7. The van der Waals surface area contributed by atoms with Crippen LogP contribution in [0.25, 0.3) is 0 Å². The summed E-state index contributed by atoms with van der Waals surface area (Å²) in [6.45, 7) is 9.40. The molecule has 2 rings (SSSR count). The van der Waals surface area contributed by atoms with Crippen molar-refractivity contribution in [3.05, 3.63) is 29.8 Å². The molecule has 0 saturated heterocycles. The molecular weight excluding hydrogens is 266 g/mol. The highest BCUT2D eigenvalue weighted by molar-refractivity contribution is 6.15. The van der Waals surface area contributed by atoms with Crippen molar-refractivity contribution in [3.63, 3.8) is 0 Å². The highest BCUT2D eigenvalue weighted by atomic mass is 16.6. The summed E-state index contributed by atoms with van der Waals surface area (Å²) in [7, 11) is 0. The zero-order valence-corrected chi connectivity index (χ0v) is 13.3. The maximum Gasteiger partial charge on any atom is 0.421 e. The monoisotopic (exact) mass is 289 g/mol. The van der Waals surface area contributed by atoms with Crippen LogP contribution in [0.3, 0.4) is 0 Å². The van der Waals surface area contributed by atoms with Crippen molar-refractivity contribution in [2.75, 3.05) is 4.90 Å². The van der Waals surface area contributed by atoms with Gasteiger partial charge >= 0.3 is 6.09 Å². The number of carbonyl (C=O) groups excluding carboxylic acids is 2. The van der Waals surface area contributed by atoms with Crippen LogP contribution in [0.1, 0.15) is 40.2 Å². The second kappa shape index (κ2) is 5.51. The van der Waals surface area contributed by atoms with E-state index < -0.39 is 11.7 Å². The van der Waals surface area contributed by atoms with Crippen LogP contribution in [0.5, 0.6) is 0 Å². The van der Waals surface area contributed by atoms with Crippen LogP contribution in [-0.2, 0) is 16.0 Å². The molecule has 4 heteroatoms. The number of para-hydroxylation sites is 1. The van der Waals surface area contributed by atoms with Crippen molar-refractivity contribution >= 4 is 17.7 Å². The minimum Gasteiger partial charge on any atom is -0.443 e. The fourth-order valence-electron chi connectivity index (χ4n) is 2.53. The zero-order valence-electron chi connectivity index (χ0n) is 13.3. The molecular formula is C17H23NO3. The molecule has 0 unspecified atom stereocenters. The maximum absolute atomic E-state index is 12.7. The fourth-order valence-corrected chi connectivity index (χ4v) is 2.53. The molecule has 0 spiro atoms. The predicted molar refractivity (Wildman–Crippen MR) is 82.2 cm³/mol. The van der Waals surface area contributed by atoms with Gasteiger partial charge < -0.3 is 4.74 Å². The van der Waals surface area contributed by atoms with Crippen molar-refractivity contribution in [2.24, 2.45) is 11.8 Å². The van der Waals surface area contributed by atoms with Gasteiger partial charge in [-0.3, -0.25) is 4.79 Å². The third-order valence-corrected chi connectivity index (χ3v) is 3.59. The van der Waals surface area contributed by atoms with E-state index >= 15 is 0 Å². The average molecular weight is 289 g/mol. The Kier molecular flexibility index (Phi) is 4.08. The molecule has 0 radical (unpaired) electrons. The quantitative estimate of drug-likeness (QED) is 0.790. The van der Waals surface area contributed by atoms with E-state index in [1.807, 2.05) is 32.0 Å². The Hall–Kier alpha value is -1.84. The first-order valence-corrected chi connectivity index (χ1v) is 7.35. The molecule has 0 aliphatic carbocycles. The van der Waals surface area contributed by atoms with Gasteiger partial charge in [-0.1, -0.05) is 32.0 Å². The lowest BCUT2D eigenvalue weighted by molar-refractivity contribution is -0.123. The number of imide groups is 1. The molecule has 1 aromatic carbocycles. The molecule has 0 bridgehead atoms. The van der Waals surface area contributed by atoms with Gasteiger partial charge in [0, 0.05) is 5.92 Å². The van der Waals surface area contributed by atoms with E-state index in [2.05, 4.69) is 0 Å². The van der Waals surface area contributed by atoms with Gasteiger partial charge in [-0.05, 0) is 44.7 Å². The molecule has 2 amide bonds. The molecule has 0 N–H and O–H groups in total. The topological polar surface area (TPSA) is 46.6 Å². The predicted octanol–water partition coefficient (Wildman–Crippen LogP) is 3.78. The van der Waals surface area contributed by atoms with E-state index in [9.17, 15) is 9.59 Å². The Morgan fingerprint density at radius 1 is 1.29 bits per heavy atom. The standard InChI is InChI=1S/C17H23NO3/c1-11(2)13-10-12-8-6-7-9-14(12)18(15(13)19)16(20)21-17(3,4)5/h6-9,11,13H,10H2,1-5H3/t13-/m1/s1. The molecule has 1 atom stereocenters. The minimum atomic E-state index is -0.628. The third kappa shape index (κ3) is 3.26. The van der Waals surface area contributed by atoms with E-state index in [-0.39, 0.29) is 17.7 Å². The molecule has 0 fully saturated rings. The largest absolute Gasteiger partial charge is 0.443 e. The molecule has 1 aliphatic rings. The Labute approximate surface area is 126 Å². The molecule has 0 aromatic heterocycles. The first-order chi connectivity index (χ1) is 9.70. The lowest BCUT2D eigenvalue weighted by atomic mass is 9.84. The van der Waals surface area contributed by atoms with E-state index in [4.69, 9.17) is 4.74 Å². The number of nitrogens with zero attached hydrogens (tertiary/aromatic N) is 1. The van der Waals surface area contributed by atoms with Crippen LogP contribution in [0.15, 0.2) is 24.3 Å². The lowest BCUT2D eigenvalue weighted by Gasteiger charge is -2.35. The van der Waals surface area contributed by atoms with Crippen LogP contribution in [0.2, 0.25) is 0 Å². The summed E-state index contributed by atoms with van der Waals surface area (Å²) in [5.41, 5.74) is 1.03. The fraction of sp³-hybridized carbons (Fsp3) is 0.529. The molecule has 1 heterocycles. The van der Waals surface area contributed by atoms with Crippen molar-refractivity contribution in [1.29, 1.82) is 0 Å². The maximum atomic E-state index is 12.7. The van der Waals surface area contributed by atoms with Crippen LogP contribution in [-0.4, -0.2) is 17.6 Å². The van der Waals surface area contributed by atoms with Crippen LogP contribution in [0, 0.1) is 11.8 Å². The molecule has 1 aromatic rings. The van der Waals surface area contributed by atoms with Crippen molar-refractivity contribution < 1.29 is 14.3 Å². The Balaban J connectivity index is 2.42. The first kappa shape index (κ1) is 15.5. The highest BCUT2D eigenvalue weighted by Crippen LogP contribution is 2.34. The van der Waals surface area contributed by atoms with Gasteiger partial charge in [0.1, 0.15) is 5.60 Å². The van der Waals surface area contributed by atoms with Crippen molar-refractivity contribution in [3.8, 4) is 0 Å². The van der Waals surface area contributed by atoms with Crippen molar-refractivity contribution in [2.45, 2.75) is 46.6 Å². The van der Waals surface area contributed by atoms with E-state index in [1.54, 1.807) is 26.8 Å². The van der Waals surface area contributed by atoms with Crippen LogP contribution < -0.4 is 4.90 Å². The van der Waals surface area contributed by atoms with Gasteiger partial charge in [-0.2, -0.15) is 0 Å². The molecule has 0 saturated carbocycles. The number of benzene rings is 1.